The Kier molecular flexibility index (Phi) is 11.4. The minimum atomic E-state index is -0.353. The van der Waals surface area contributed by atoms with Gasteiger partial charge in [-0.05, 0) is 43.9 Å². The van der Waals surface area contributed by atoms with Crippen LogP contribution in [0.1, 0.15) is 38.2 Å². The van der Waals surface area contributed by atoms with Gasteiger partial charge in [-0.25, -0.2) is 0 Å². The number of hydrogen-bond acceptors (Lipinski definition) is 4. The number of rotatable bonds is 9. The summed E-state index contributed by atoms with van der Waals surface area (Å²) in [7, 11) is 9.01. The molecule has 0 saturated heterocycles. The van der Waals surface area contributed by atoms with E-state index in [0.717, 1.165) is 62.7 Å². The first kappa shape index (κ1) is 27.3. The third-order valence-electron chi connectivity index (χ3n) is 5.83. The largest absolute Gasteiger partial charge is 0.493 e. The molecule has 1 aromatic rings. The zero-order valence-corrected chi connectivity index (χ0v) is 22.2. The Bertz CT molecular complexity index is 734. The maximum atomic E-state index is 12.8. The third-order valence-corrected chi connectivity index (χ3v) is 5.83. The van der Waals surface area contributed by atoms with Crippen LogP contribution in [0.25, 0.3) is 0 Å². The Balaban J connectivity index is 0.00000480. The van der Waals surface area contributed by atoms with E-state index >= 15 is 0 Å². The summed E-state index contributed by atoms with van der Waals surface area (Å²) < 4.78 is 10.7. The van der Waals surface area contributed by atoms with E-state index in [4.69, 9.17) is 14.5 Å². The molecule has 176 valence electrons. The van der Waals surface area contributed by atoms with Gasteiger partial charge >= 0.3 is 0 Å². The molecule has 8 heteroatoms. The Hall–Kier alpha value is -1.71. The zero-order chi connectivity index (χ0) is 22.1. The average Bonchev–Trinajstić information content (AvgIpc) is 3.24. The van der Waals surface area contributed by atoms with Crippen molar-refractivity contribution in [3.05, 3.63) is 23.8 Å². The smallest absolute Gasteiger partial charge is 0.230 e. The molecule has 0 atom stereocenters. The third kappa shape index (κ3) is 7.15. The molecule has 0 unspecified atom stereocenters. The van der Waals surface area contributed by atoms with Crippen LogP contribution in [0.3, 0.4) is 0 Å². The summed E-state index contributed by atoms with van der Waals surface area (Å²) in [6, 6.07) is 6.01. The standard InChI is InChI=1S/C23H38N4O3.HI/c1-7-24-22(25-17-23(13-8-9-14-23)21(28)26(2)3)27(4)15-12-18-10-11-19(29-5)20(16-18)30-6;/h10-11,16H,7-9,12-15,17H2,1-6H3,(H,24,25);1H. The lowest BCUT2D eigenvalue weighted by Crippen LogP contribution is -2.43. The van der Waals surface area contributed by atoms with Gasteiger partial charge in [-0.3, -0.25) is 9.79 Å². The van der Waals surface area contributed by atoms with E-state index in [9.17, 15) is 4.79 Å². The predicted octanol–water partition coefficient (Wildman–Crippen LogP) is 3.41. The number of halogens is 1. The number of carbonyl (C=O) groups excluding carboxylic acids is 1. The van der Waals surface area contributed by atoms with Gasteiger partial charge in [0, 0.05) is 34.2 Å². The molecule has 0 aliphatic heterocycles. The number of amides is 1. The highest BCUT2D eigenvalue weighted by molar-refractivity contribution is 14.0. The van der Waals surface area contributed by atoms with E-state index in [-0.39, 0.29) is 35.3 Å². The van der Waals surface area contributed by atoms with E-state index < -0.39 is 0 Å². The molecular formula is C23H39IN4O3. The number of guanidine groups is 1. The van der Waals surface area contributed by atoms with Crippen LogP contribution in [0, 0.1) is 5.41 Å². The summed E-state index contributed by atoms with van der Waals surface area (Å²) in [4.78, 5) is 21.6. The van der Waals surface area contributed by atoms with Crippen molar-refractivity contribution in [1.82, 2.24) is 15.1 Å². The van der Waals surface area contributed by atoms with Gasteiger partial charge in [0.15, 0.2) is 17.5 Å². The van der Waals surface area contributed by atoms with Gasteiger partial charge in [-0.15, -0.1) is 24.0 Å². The number of nitrogens with one attached hydrogen (secondary N) is 1. The summed E-state index contributed by atoms with van der Waals surface area (Å²) in [5.41, 5.74) is 0.819. The van der Waals surface area contributed by atoms with Crippen LogP contribution in [-0.4, -0.2) is 76.7 Å². The number of likely N-dealkylation sites (N-methyl/N-ethyl adjacent to an activating group) is 1. The van der Waals surface area contributed by atoms with Crippen LogP contribution in [0.4, 0.5) is 0 Å². The highest BCUT2D eigenvalue weighted by Gasteiger charge is 2.42. The van der Waals surface area contributed by atoms with Crippen LogP contribution in [0.2, 0.25) is 0 Å². The van der Waals surface area contributed by atoms with Gasteiger partial charge in [0.25, 0.3) is 0 Å². The molecule has 0 heterocycles. The van der Waals surface area contributed by atoms with E-state index in [0.29, 0.717) is 6.54 Å². The fraction of sp³-hybridized carbons (Fsp3) is 0.652. The number of ether oxygens (including phenoxy) is 2. The Labute approximate surface area is 204 Å². The maximum absolute atomic E-state index is 12.8. The lowest BCUT2D eigenvalue weighted by molar-refractivity contribution is -0.138. The quantitative estimate of drug-likeness (QED) is 0.292. The number of hydrogen-bond donors (Lipinski definition) is 1. The molecule has 31 heavy (non-hydrogen) atoms. The van der Waals surface area contributed by atoms with Crippen LogP contribution >= 0.6 is 24.0 Å². The summed E-state index contributed by atoms with van der Waals surface area (Å²) >= 11 is 0. The van der Waals surface area contributed by atoms with Crippen molar-refractivity contribution >= 4 is 35.8 Å². The minimum Gasteiger partial charge on any atom is -0.493 e. The van der Waals surface area contributed by atoms with Gasteiger partial charge in [0.05, 0.1) is 26.2 Å². The second-order valence-electron chi connectivity index (χ2n) is 8.22. The van der Waals surface area contributed by atoms with E-state index in [1.807, 2.05) is 33.3 Å². The minimum absolute atomic E-state index is 0. The van der Waals surface area contributed by atoms with Gasteiger partial charge in [0.2, 0.25) is 5.91 Å². The van der Waals surface area contributed by atoms with Gasteiger partial charge in [-0.1, -0.05) is 18.9 Å². The molecule has 0 aromatic heterocycles. The van der Waals surface area contributed by atoms with Crippen molar-refractivity contribution < 1.29 is 14.3 Å². The molecule has 1 N–H and O–H groups in total. The molecule has 1 amide bonds. The summed E-state index contributed by atoms with van der Waals surface area (Å²) in [6.07, 6.45) is 4.88. The van der Waals surface area contributed by atoms with E-state index in [2.05, 4.69) is 23.2 Å². The fourth-order valence-corrected chi connectivity index (χ4v) is 4.10. The molecule has 2 rings (SSSR count). The van der Waals surface area contributed by atoms with E-state index in [1.165, 1.54) is 5.56 Å². The average molecular weight is 546 g/mol. The molecule has 1 fully saturated rings. The predicted molar refractivity (Wildman–Crippen MR) is 137 cm³/mol. The SMILES string of the molecule is CCNC(=NCC1(C(=O)N(C)C)CCCC1)N(C)CCc1ccc(OC)c(OC)c1.I. The summed E-state index contributed by atoms with van der Waals surface area (Å²) in [6.45, 7) is 4.19. The fourth-order valence-electron chi connectivity index (χ4n) is 4.10. The molecule has 1 aliphatic carbocycles. The Morgan fingerprint density at radius 2 is 1.77 bits per heavy atom. The van der Waals surface area contributed by atoms with Crippen molar-refractivity contribution in [2.45, 2.75) is 39.0 Å². The van der Waals surface area contributed by atoms with Gasteiger partial charge in [-0.2, -0.15) is 0 Å². The number of carbonyl (C=O) groups is 1. The Morgan fingerprint density at radius 1 is 1.13 bits per heavy atom. The lowest BCUT2D eigenvalue weighted by atomic mass is 9.85. The Morgan fingerprint density at radius 3 is 2.32 bits per heavy atom. The number of methoxy groups -OCH3 is 2. The molecule has 0 radical (unpaired) electrons. The van der Waals surface area contributed by atoms with Crippen LogP contribution in [0.15, 0.2) is 23.2 Å². The second-order valence-corrected chi connectivity index (χ2v) is 8.22. The molecule has 0 bridgehead atoms. The summed E-state index contributed by atoms with van der Waals surface area (Å²) in [5.74, 6) is 2.52. The van der Waals surface area contributed by atoms with Crippen molar-refractivity contribution in [1.29, 1.82) is 0 Å². The molecule has 1 aromatic carbocycles. The lowest BCUT2D eigenvalue weighted by Gasteiger charge is -2.30. The second kappa shape index (κ2) is 13.0. The van der Waals surface area contributed by atoms with Crippen molar-refractivity contribution in [2.24, 2.45) is 10.4 Å². The molecule has 0 spiro atoms. The molecule has 7 nitrogen and oxygen atoms in total. The number of aliphatic imine (C=N–C) groups is 1. The van der Waals surface area contributed by atoms with Crippen molar-refractivity contribution in [3.63, 3.8) is 0 Å². The molecule has 1 aliphatic rings. The highest BCUT2D eigenvalue weighted by Crippen LogP contribution is 2.39. The monoisotopic (exact) mass is 546 g/mol. The first-order chi connectivity index (χ1) is 14.4. The van der Waals surface area contributed by atoms with Crippen molar-refractivity contribution in [3.8, 4) is 11.5 Å². The van der Waals surface area contributed by atoms with Crippen LogP contribution in [-0.2, 0) is 11.2 Å². The van der Waals surface area contributed by atoms with Crippen LogP contribution in [0.5, 0.6) is 11.5 Å². The summed E-state index contributed by atoms with van der Waals surface area (Å²) in [5, 5.41) is 3.38. The molecular weight excluding hydrogens is 507 g/mol. The number of nitrogens with zero attached hydrogens (tertiary/aromatic N) is 3. The van der Waals surface area contributed by atoms with Crippen LogP contribution < -0.4 is 14.8 Å². The first-order valence-corrected chi connectivity index (χ1v) is 10.8. The maximum Gasteiger partial charge on any atom is 0.230 e. The molecule has 1 saturated carbocycles. The van der Waals surface area contributed by atoms with E-state index in [1.54, 1.807) is 19.1 Å². The van der Waals surface area contributed by atoms with Gasteiger partial charge in [0.1, 0.15) is 0 Å². The highest BCUT2D eigenvalue weighted by atomic mass is 127. The topological polar surface area (TPSA) is 66.4 Å². The number of benzene rings is 1. The van der Waals surface area contributed by atoms with Crippen molar-refractivity contribution in [2.75, 3.05) is 55.0 Å². The van der Waals surface area contributed by atoms with Gasteiger partial charge < -0.3 is 24.6 Å². The first-order valence-electron chi connectivity index (χ1n) is 10.8. The normalized spacial score (nSPS) is 15.1. The zero-order valence-electron chi connectivity index (χ0n) is 19.9.